The number of carbonyl (C=O) groups is 1. The number of hydrogen-bond acceptors (Lipinski definition) is 4. The zero-order valence-corrected chi connectivity index (χ0v) is 15.3. The molecule has 0 aliphatic rings. The molecule has 7 nitrogen and oxygen atoms in total. The van der Waals surface area contributed by atoms with Crippen molar-refractivity contribution in [1.29, 1.82) is 0 Å². The van der Waals surface area contributed by atoms with E-state index in [9.17, 15) is 4.79 Å². The van der Waals surface area contributed by atoms with Gasteiger partial charge >= 0.3 is 0 Å². The summed E-state index contributed by atoms with van der Waals surface area (Å²) in [7, 11) is 0. The van der Waals surface area contributed by atoms with Crippen molar-refractivity contribution in [2.24, 2.45) is 0 Å². The number of aromatic nitrogens is 5. The first-order valence-electron chi connectivity index (χ1n) is 8.48. The molecule has 4 rings (SSSR count). The molecule has 1 unspecified atom stereocenters. The summed E-state index contributed by atoms with van der Waals surface area (Å²) in [5, 5.41) is 16.2. The molecule has 1 amide bonds. The van der Waals surface area contributed by atoms with Crippen LogP contribution in [0.2, 0.25) is 5.02 Å². The Balaban J connectivity index is 1.47. The van der Waals surface area contributed by atoms with E-state index >= 15 is 0 Å². The number of halogens is 1. The van der Waals surface area contributed by atoms with Gasteiger partial charge in [0.2, 0.25) is 0 Å². The van der Waals surface area contributed by atoms with Gasteiger partial charge in [0.1, 0.15) is 0 Å². The molecule has 136 valence electrons. The predicted molar refractivity (Wildman–Crippen MR) is 102 cm³/mol. The highest BCUT2D eigenvalue weighted by atomic mass is 35.5. The number of nitrogens with one attached hydrogen (secondary N) is 1. The number of hydrogen-bond donors (Lipinski definition) is 1. The minimum Gasteiger partial charge on any atom is -0.342 e. The molecule has 1 N–H and O–H groups in total. The fraction of sp³-hybridized carbons (Fsp3) is 0.158. The lowest BCUT2D eigenvalue weighted by Gasteiger charge is -2.11. The quantitative estimate of drug-likeness (QED) is 0.577. The predicted octanol–water partition coefficient (Wildman–Crippen LogP) is 3.12. The summed E-state index contributed by atoms with van der Waals surface area (Å²) in [5.74, 6) is 0.447. The lowest BCUT2D eigenvalue weighted by Crippen LogP contribution is -2.27. The number of pyridine rings is 1. The first-order chi connectivity index (χ1) is 13.1. The van der Waals surface area contributed by atoms with Gasteiger partial charge in [-0.15, -0.1) is 10.2 Å². The van der Waals surface area contributed by atoms with Gasteiger partial charge in [0, 0.05) is 17.4 Å². The molecule has 3 aromatic heterocycles. The molecule has 27 heavy (non-hydrogen) atoms. The van der Waals surface area contributed by atoms with E-state index in [4.69, 9.17) is 11.6 Å². The van der Waals surface area contributed by atoms with Crippen LogP contribution in [0.3, 0.4) is 0 Å². The second-order valence-electron chi connectivity index (χ2n) is 6.20. The highest BCUT2D eigenvalue weighted by Crippen LogP contribution is 2.16. The second-order valence-corrected chi connectivity index (χ2v) is 6.61. The lowest BCUT2D eigenvalue weighted by atomic mass is 10.2. The molecule has 0 aliphatic carbocycles. The maximum atomic E-state index is 12.6. The Morgan fingerprint density at radius 2 is 2.00 bits per heavy atom. The van der Waals surface area contributed by atoms with Crippen LogP contribution in [0.1, 0.15) is 34.7 Å². The largest absolute Gasteiger partial charge is 0.342 e. The molecule has 0 spiro atoms. The molecule has 4 aromatic rings. The van der Waals surface area contributed by atoms with Gasteiger partial charge in [-0.1, -0.05) is 35.9 Å². The van der Waals surface area contributed by atoms with Crippen LogP contribution in [0.25, 0.3) is 5.65 Å². The SMILES string of the molecule is CC(NC(=O)c1cnn(Cc2ccccc2Cl)c1)c1nnc2ccccn12. The zero-order chi connectivity index (χ0) is 18.8. The summed E-state index contributed by atoms with van der Waals surface area (Å²) in [5.41, 5.74) is 2.15. The summed E-state index contributed by atoms with van der Waals surface area (Å²) >= 11 is 6.18. The molecule has 0 saturated carbocycles. The first kappa shape index (κ1) is 17.2. The fourth-order valence-corrected chi connectivity index (χ4v) is 3.06. The molecule has 0 bridgehead atoms. The number of fused-ring (bicyclic) bond motifs is 1. The lowest BCUT2D eigenvalue weighted by molar-refractivity contribution is 0.0938. The third-order valence-electron chi connectivity index (χ3n) is 4.26. The van der Waals surface area contributed by atoms with Crippen molar-refractivity contribution in [2.45, 2.75) is 19.5 Å². The first-order valence-corrected chi connectivity index (χ1v) is 8.86. The average Bonchev–Trinajstić information content (AvgIpc) is 3.30. The Hall–Kier alpha value is -3.19. The van der Waals surface area contributed by atoms with Crippen molar-refractivity contribution in [1.82, 2.24) is 29.7 Å². The molecule has 0 aliphatic heterocycles. The number of amides is 1. The van der Waals surface area contributed by atoms with E-state index in [0.29, 0.717) is 23.0 Å². The van der Waals surface area contributed by atoms with Crippen LogP contribution >= 0.6 is 11.6 Å². The molecule has 1 aromatic carbocycles. The summed E-state index contributed by atoms with van der Waals surface area (Å²) in [6.45, 7) is 2.37. The minimum absolute atomic E-state index is 0.222. The van der Waals surface area contributed by atoms with E-state index in [1.807, 2.05) is 60.0 Å². The number of rotatable bonds is 5. The van der Waals surface area contributed by atoms with E-state index in [-0.39, 0.29) is 11.9 Å². The van der Waals surface area contributed by atoms with Crippen LogP contribution in [0.5, 0.6) is 0 Å². The Bertz CT molecular complexity index is 1100. The van der Waals surface area contributed by atoms with Gasteiger partial charge in [-0.2, -0.15) is 5.10 Å². The molecule has 3 heterocycles. The number of benzene rings is 1. The van der Waals surface area contributed by atoms with Crippen molar-refractivity contribution in [3.8, 4) is 0 Å². The van der Waals surface area contributed by atoms with Crippen molar-refractivity contribution >= 4 is 23.2 Å². The normalized spacial score (nSPS) is 12.2. The zero-order valence-electron chi connectivity index (χ0n) is 14.6. The van der Waals surface area contributed by atoms with Crippen molar-refractivity contribution in [2.75, 3.05) is 0 Å². The van der Waals surface area contributed by atoms with Crippen LogP contribution in [0, 0.1) is 0 Å². The maximum Gasteiger partial charge on any atom is 0.255 e. The van der Waals surface area contributed by atoms with E-state index in [0.717, 1.165) is 11.2 Å². The van der Waals surface area contributed by atoms with Crippen LogP contribution in [-0.2, 0) is 6.54 Å². The smallest absolute Gasteiger partial charge is 0.255 e. The van der Waals surface area contributed by atoms with Crippen molar-refractivity contribution in [3.05, 3.63) is 83.0 Å². The molecule has 0 fully saturated rings. The van der Waals surface area contributed by atoms with Gasteiger partial charge in [-0.05, 0) is 30.7 Å². The molecule has 0 saturated heterocycles. The number of nitrogens with zero attached hydrogens (tertiary/aromatic N) is 5. The van der Waals surface area contributed by atoms with Crippen LogP contribution in [0.15, 0.2) is 61.1 Å². The maximum absolute atomic E-state index is 12.6. The Kier molecular flexibility index (Phi) is 4.60. The topological polar surface area (TPSA) is 77.1 Å². The van der Waals surface area contributed by atoms with Crippen LogP contribution in [-0.4, -0.2) is 30.3 Å². The summed E-state index contributed by atoms with van der Waals surface area (Å²) in [6, 6.07) is 12.9. The molecule has 0 radical (unpaired) electrons. The Morgan fingerprint density at radius 3 is 2.85 bits per heavy atom. The van der Waals surface area contributed by atoms with E-state index in [2.05, 4.69) is 20.6 Å². The third-order valence-corrected chi connectivity index (χ3v) is 4.63. The van der Waals surface area contributed by atoms with Gasteiger partial charge in [0.05, 0.1) is 24.3 Å². The molecule has 8 heteroatoms. The minimum atomic E-state index is -0.304. The molecular formula is C19H17ClN6O. The average molecular weight is 381 g/mol. The monoisotopic (exact) mass is 380 g/mol. The van der Waals surface area contributed by atoms with Crippen molar-refractivity contribution < 1.29 is 4.79 Å². The second kappa shape index (κ2) is 7.20. The molecular weight excluding hydrogens is 364 g/mol. The van der Waals surface area contributed by atoms with Gasteiger partial charge in [-0.25, -0.2) is 0 Å². The molecule has 1 atom stereocenters. The fourth-order valence-electron chi connectivity index (χ4n) is 2.87. The Morgan fingerprint density at radius 1 is 1.19 bits per heavy atom. The Labute approximate surface area is 160 Å². The van der Waals surface area contributed by atoms with E-state index < -0.39 is 0 Å². The van der Waals surface area contributed by atoms with Gasteiger partial charge in [0.15, 0.2) is 11.5 Å². The van der Waals surface area contributed by atoms with Crippen molar-refractivity contribution in [3.63, 3.8) is 0 Å². The van der Waals surface area contributed by atoms with E-state index in [1.165, 1.54) is 0 Å². The van der Waals surface area contributed by atoms with Gasteiger partial charge < -0.3 is 5.32 Å². The summed E-state index contributed by atoms with van der Waals surface area (Å²) in [6.07, 6.45) is 5.11. The van der Waals surface area contributed by atoms with Gasteiger partial charge in [0.25, 0.3) is 5.91 Å². The van der Waals surface area contributed by atoms with Crippen LogP contribution in [0.4, 0.5) is 0 Å². The number of carbonyl (C=O) groups excluding carboxylic acids is 1. The highest BCUT2D eigenvalue weighted by Gasteiger charge is 2.17. The summed E-state index contributed by atoms with van der Waals surface area (Å²) < 4.78 is 3.54. The van der Waals surface area contributed by atoms with E-state index in [1.54, 1.807) is 17.1 Å². The summed E-state index contributed by atoms with van der Waals surface area (Å²) in [4.78, 5) is 12.6. The van der Waals surface area contributed by atoms with Gasteiger partial charge in [-0.3, -0.25) is 13.9 Å². The third kappa shape index (κ3) is 3.54. The highest BCUT2D eigenvalue weighted by molar-refractivity contribution is 6.31. The van der Waals surface area contributed by atoms with Crippen LogP contribution < -0.4 is 5.32 Å². The standard InChI is InChI=1S/C19H17ClN6O/c1-13(18-24-23-17-8-4-5-9-26(17)18)22-19(27)15-10-21-25(12-15)11-14-6-2-3-7-16(14)20/h2-10,12-13H,11H2,1H3,(H,22,27).